The number of piperidine rings is 1. The number of nitrogens with zero attached hydrogens (tertiary/aromatic N) is 1. The molecular formula is C15H23N3O. The molecule has 19 heavy (non-hydrogen) atoms. The SMILES string of the molecule is Cc1ccc(NC(=O)C2CCCN(CCN)C2)cc1. The minimum Gasteiger partial charge on any atom is -0.329 e. The van der Waals surface area contributed by atoms with Gasteiger partial charge in [-0.2, -0.15) is 0 Å². The predicted octanol–water partition coefficient (Wildman–Crippen LogP) is 1.60. The highest BCUT2D eigenvalue weighted by atomic mass is 16.1. The Morgan fingerprint density at radius 3 is 2.84 bits per heavy atom. The summed E-state index contributed by atoms with van der Waals surface area (Å²) in [7, 11) is 0. The molecule has 0 saturated carbocycles. The highest BCUT2D eigenvalue weighted by molar-refractivity contribution is 5.92. The summed E-state index contributed by atoms with van der Waals surface area (Å²) < 4.78 is 0. The van der Waals surface area contributed by atoms with E-state index in [0.717, 1.165) is 38.2 Å². The van der Waals surface area contributed by atoms with Crippen molar-refractivity contribution >= 4 is 11.6 Å². The maximum Gasteiger partial charge on any atom is 0.228 e. The van der Waals surface area contributed by atoms with Crippen molar-refractivity contribution in [1.29, 1.82) is 0 Å². The monoisotopic (exact) mass is 261 g/mol. The van der Waals surface area contributed by atoms with E-state index in [1.165, 1.54) is 5.56 Å². The number of benzene rings is 1. The molecule has 1 heterocycles. The number of nitrogens with two attached hydrogens (primary N) is 1. The Morgan fingerprint density at radius 2 is 2.16 bits per heavy atom. The molecule has 0 radical (unpaired) electrons. The van der Waals surface area contributed by atoms with E-state index in [1.54, 1.807) is 0 Å². The Balaban J connectivity index is 1.90. The number of amides is 1. The normalized spacial score (nSPS) is 20.2. The van der Waals surface area contributed by atoms with Crippen molar-refractivity contribution in [3.8, 4) is 0 Å². The summed E-state index contributed by atoms with van der Waals surface area (Å²) in [6, 6.07) is 7.93. The second kappa shape index (κ2) is 6.68. The number of aryl methyl sites for hydroxylation is 1. The highest BCUT2D eigenvalue weighted by Crippen LogP contribution is 2.18. The van der Waals surface area contributed by atoms with Crippen LogP contribution in [0.25, 0.3) is 0 Å². The zero-order valence-corrected chi connectivity index (χ0v) is 11.6. The van der Waals surface area contributed by atoms with Crippen molar-refractivity contribution in [2.24, 2.45) is 11.7 Å². The first-order chi connectivity index (χ1) is 9.19. The molecule has 4 heteroatoms. The third-order valence-electron chi connectivity index (χ3n) is 3.64. The first-order valence-electron chi connectivity index (χ1n) is 6.99. The van der Waals surface area contributed by atoms with Crippen molar-refractivity contribution in [2.45, 2.75) is 19.8 Å². The van der Waals surface area contributed by atoms with Crippen LogP contribution in [0.5, 0.6) is 0 Å². The van der Waals surface area contributed by atoms with Crippen LogP contribution in [0.2, 0.25) is 0 Å². The van der Waals surface area contributed by atoms with E-state index in [4.69, 9.17) is 5.73 Å². The average molecular weight is 261 g/mol. The van der Waals surface area contributed by atoms with E-state index in [2.05, 4.69) is 10.2 Å². The molecule has 1 aliphatic rings. The third kappa shape index (κ3) is 4.04. The molecule has 4 nitrogen and oxygen atoms in total. The van der Waals surface area contributed by atoms with Crippen LogP contribution in [0, 0.1) is 12.8 Å². The summed E-state index contributed by atoms with van der Waals surface area (Å²) in [5.41, 5.74) is 7.66. The predicted molar refractivity (Wildman–Crippen MR) is 78.0 cm³/mol. The van der Waals surface area contributed by atoms with Gasteiger partial charge in [0, 0.05) is 25.3 Å². The van der Waals surface area contributed by atoms with Crippen LogP contribution < -0.4 is 11.1 Å². The summed E-state index contributed by atoms with van der Waals surface area (Å²) in [4.78, 5) is 14.5. The molecule has 1 aromatic carbocycles. The number of rotatable bonds is 4. The molecule has 1 atom stereocenters. The van der Waals surface area contributed by atoms with Gasteiger partial charge in [0.15, 0.2) is 0 Å². The molecule has 1 fully saturated rings. The lowest BCUT2D eigenvalue weighted by atomic mass is 9.97. The van der Waals surface area contributed by atoms with Gasteiger partial charge in [-0.1, -0.05) is 17.7 Å². The minimum absolute atomic E-state index is 0.0848. The fourth-order valence-electron chi connectivity index (χ4n) is 2.54. The first kappa shape index (κ1) is 14.0. The lowest BCUT2D eigenvalue weighted by Gasteiger charge is -2.31. The number of carbonyl (C=O) groups excluding carboxylic acids is 1. The van der Waals surface area contributed by atoms with E-state index in [9.17, 15) is 4.79 Å². The summed E-state index contributed by atoms with van der Waals surface area (Å²) in [6.45, 7) is 5.47. The number of hydrogen-bond donors (Lipinski definition) is 2. The minimum atomic E-state index is 0.0848. The van der Waals surface area contributed by atoms with Crippen molar-refractivity contribution < 1.29 is 4.79 Å². The molecule has 0 aliphatic carbocycles. The molecule has 1 unspecified atom stereocenters. The van der Waals surface area contributed by atoms with Gasteiger partial charge in [-0.3, -0.25) is 4.79 Å². The van der Waals surface area contributed by atoms with Crippen LogP contribution >= 0.6 is 0 Å². The van der Waals surface area contributed by atoms with Crippen molar-refractivity contribution in [2.75, 3.05) is 31.5 Å². The van der Waals surface area contributed by atoms with Gasteiger partial charge in [-0.05, 0) is 38.4 Å². The summed E-state index contributed by atoms with van der Waals surface area (Å²) in [6.07, 6.45) is 2.05. The second-order valence-corrected chi connectivity index (χ2v) is 5.28. The van der Waals surface area contributed by atoms with Crippen LogP contribution in [0.1, 0.15) is 18.4 Å². The van der Waals surface area contributed by atoms with E-state index < -0.39 is 0 Å². The number of likely N-dealkylation sites (tertiary alicyclic amines) is 1. The molecule has 2 rings (SSSR count). The van der Waals surface area contributed by atoms with Crippen LogP contribution in [-0.2, 0) is 4.79 Å². The molecule has 1 aromatic rings. The van der Waals surface area contributed by atoms with Crippen molar-refractivity contribution in [3.63, 3.8) is 0 Å². The summed E-state index contributed by atoms with van der Waals surface area (Å²) >= 11 is 0. The van der Waals surface area contributed by atoms with Gasteiger partial charge in [0.05, 0.1) is 5.92 Å². The van der Waals surface area contributed by atoms with Crippen LogP contribution in [0.3, 0.4) is 0 Å². The quantitative estimate of drug-likeness (QED) is 0.865. The van der Waals surface area contributed by atoms with Crippen LogP contribution in [0.15, 0.2) is 24.3 Å². The molecule has 1 amide bonds. The molecule has 104 valence electrons. The van der Waals surface area contributed by atoms with Gasteiger partial charge in [-0.15, -0.1) is 0 Å². The zero-order valence-electron chi connectivity index (χ0n) is 11.6. The van der Waals surface area contributed by atoms with Gasteiger partial charge in [0.25, 0.3) is 0 Å². The number of anilines is 1. The Bertz CT molecular complexity index is 414. The van der Waals surface area contributed by atoms with Gasteiger partial charge < -0.3 is 16.0 Å². The summed E-state index contributed by atoms with van der Waals surface area (Å²) in [5, 5.41) is 3.00. The lowest BCUT2D eigenvalue weighted by Crippen LogP contribution is -2.42. The molecule has 3 N–H and O–H groups in total. The zero-order chi connectivity index (χ0) is 13.7. The number of carbonyl (C=O) groups is 1. The van der Waals surface area contributed by atoms with Gasteiger partial charge in [0.2, 0.25) is 5.91 Å². The standard InChI is InChI=1S/C15H23N3O/c1-12-4-6-14(7-5-12)17-15(19)13-3-2-9-18(11-13)10-8-16/h4-7,13H,2-3,8-11,16H2,1H3,(H,17,19). The number of nitrogens with one attached hydrogen (secondary N) is 1. The average Bonchev–Trinajstić information content (AvgIpc) is 2.42. The topological polar surface area (TPSA) is 58.4 Å². The highest BCUT2D eigenvalue weighted by Gasteiger charge is 2.25. The summed E-state index contributed by atoms with van der Waals surface area (Å²) in [5.74, 6) is 0.215. The van der Waals surface area contributed by atoms with Crippen molar-refractivity contribution in [1.82, 2.24) is 4.90 Å². The van der Waals surface area contributed by atoms with E-state index in [0.29, 0.717) is 6.54 Å². The number of hydrogen-bond acceptors (Lipinski definition) is 3. The lowest BCUT2D eigenvalue weighted by molar-refractivity contribution is -0.121. The Hall–Kier alpha value is -1.39. The molecule has 0 bridgehead atoms. The second-order valence-electron chi connectivity index (χ2n) is 5.28. The molecule has 0 spiro atoms. The van der Waals surface area contributed by atoms with Gasteiger partial charge in [0.1, 0.15) is 0 Å². The van der Waals surface area contributed by atoms with Crippen LogP contribution in [-0.4, -0.2) is 37.0 Å². The largest absolute Gasteiger partial charge is 0.329 e. The third-order valence-corrected chi connectivity index (χ3v) is 3.64. The van der Waals surface area contributed by atoms with E-state index >= 15 is 0 Å². The van der Waals surface area contributed by atoms with Gasteiger partial charge in [-0.25, -0.2) is 0 Å². The molecule has 1 aliphatic heterocycles. The maximum atomic E-state index is 12.2. The smallest absolute Gasteiger partial charge is 0.228 e. The Labute approximate surface area is 115 Å². The van der Waals surface area contributed by atoms with Gasteiger partial charge >= 0.3 is 0 Å². The molecule has 0 aromatic heterocycles. The molecular weight excluding hydrogens is 238 g/mol. The van der Waals surface area contributed by atoms with E-state index in [-0.39, 0.29) is 11.8 Å². The first-order valence-corrected chi connectivity index (χ1v) is 6.99. The maximum absolute atomic E-state index is 12.2. The van der Waals surface area contributed by atoms with Crippen LogP contribution in [0.4, 0.5) is 5.69 Å². The van der Waals surface area contributed by atoms with E-state index in [1.807, 2.05) is 31.2 Å². The Kier molecular flexibility index (Phi) is 4.93. The fraction of sp³-hybridized carbons (Fsp3) is 0.533. The fourth-order valence-corrected chi connectivity index (χ4v) is 2.54. The van der Waals surface area contributed by atoms with Crippen molar-refractivity contribution in [3.05, 3.63) is 29.8 Å². The Morgan fingerprint density at radius 1 is 1.42 bits per heavy atom. The molecule has 1 saturated heterocycles.